The highest BCUT2D eigenvalue weighted by atomic mass is 79.9. The highest BCUT2D eigenvalue weighted by molar-refractivity contribution is 9.11. The summed E-state index contributed by atoms with van der Waals surface area (Å²) in [6.07, 6.45) is 0. The highest BCUT2D eigenvalue weighted by Gasteiger charge is 2.08. The first kappa shape index (κ1) is 13.2. The van der Waals surface area contributed by atoms with Crippen LogP contribution in [0.15, 0.2) is 21.1 Å². The zero-order chi connectivity index (χ0) is 9.30. The second kappa shape index (κ2) is 5.20. The number of anilines is 1. The summed E-state index contributed by atoms with van der Waals surface area (Å²) in [6, 6.07) is 3.80. The van der Waals surface area contributed by atoms with Crippen LogP contribution in [0.1, 0.15) is 18.5 Å². The molecule has 0 aliphatic heterocycles. The SMILES string of the molecule is C[C@@H](N)c1cc(Br)cc(Br)c1N.Cl. The van der Waals surface area contributed by atoms with Gasteiger partial charge in [-0.15, -0.1) is 12.4 Å². The highest BCUT2D eigenvalue weighted by Crippen LogP contribution is 2.30. The summed E-state index contributed by atoms with van der Waals surface area (Å²) in [5.41, 5.74) is 13.2. The van der Waals surface area contributed by atoms with Crippen LogP contribution >= 0.6 is 44.3 Å². The minimum Gasteiger partial charge on any atom is -0.398 e. The van der Waals surface area contributed by atoms with Crippen molar-refractivity contribution in [3.8, 4) is 0 Å². The van der Waals surface area contributed by atoms with Gasteiger partial charge in [-0.2, -0.15) is 0 Å². The topological polar surface area (TPSA) is 52.0 Å². The third-order valence-electron chi connectivity index (χ3n) is 1.62. The van der Waals surface area contributed by atoms with Crippen LogP contribution in [0.2, 0.25) is 0 Å². The van der Waals surface area contributed by atoms with E-state index in [0.29, 0.717) is 5.69 Å². The first-order valence-corrected chi connectivity index (χ1v) is 5.11. The van der Waals surface area contributed by atoms with Crippen LogP contribution in [-0.4, -0.2) is 0 Å². The summed E-state index contributed by atoms with van der Waals surface area (Å²) in [4.78, 5) is 0. The van der Waals surface area contributed by atoms with Crippen LogP contribution in [-0.2, 0) is 0 Å². The predicted octanol–water partition coefficient (Wildman–Crippen LogP) is 3.24. The van der Waals surface area contributed by atoms with Crippen LogP contribution in [0.25, 0.3) is 0 Å². The van der Waals surface area contributed by atoms with E-state index in [1.165, 1.54) is 0 Å². The maximum atomic E-state index is 5.80. The Morgan fingerprint density at radius 2 is 1.85 bits per heavy atom. The molecule has 1 atom stereocenters. The maximum Gasteiger partial charge on any atom is 0.0507 e. The lowest BCUT2D eigenvalue weighted by Crippen LogP contribution is -2.08. The largest absolute Gasteiger partial charge is 0.398 e. The lowest BCUT2D eigenvalue weighted by atomic mass is 10.1. The summed E-state index contributed by atoms with van der Waals surface area (Å²) >= 11 is 6.73. The standard InChI is InChI=1S/C8H10Br2N2.ClH/c1-4(11)6-2-5(9)3-7(10)8(6)12;/h2-4H,11-12H2,1H3;1H/t4-;/m1./s1. The predicted molar refractivity (Wildman–Crippen MR) is 66.1 cm³/mol. The molecule has 0 fully saturated rings. The van der Waals surface area contributed by atoms with E-state index in [4.69, 9.17) is 11.5 Å². The molecule has 0 aromatic heterocycles. The molecule has 0 amide bonds. The molecule has 0 heterocycles. The van der Waals surface area contributed by atoms with E-state index in [9.17, 15) is 0 Å². The average Bonchev–Trinajstić information content (AvgIpc) is 1.96. The van der Waals surface area contributed by atoms with Crippen LogP contribution in [0.4, 0.5) is 5.69 Å². The third-order valence-corrected chi connectivity index (χ3v) is 2.73. The number of hydrogen-bond donors (Lipinski definition) is 2. The molecular formula is C8H11Br2ClN2. The van der Waals surface area contributed by atoms with Crippen LogP contribution < -0.4 is 11.5 Å². The Labute approximate surface area is 101 Å². The van der Waals surface area contributed by atoms with Crippen LogP contribution in [0.5, 0.6) is 0 Å². The van der Waals surface area contributed by atoms with Gasteiger partial charge in [0.15, 0.2) is 0 Å². The molecule has 4 N–H and O–H groups in total. The molecule has 0 radical (unpaired) electrons. The molecule has 1 aromatic carbocycles. The van der Waals surface area contributed by atoms with Gasteiger partial charge in [0, 0.05) is 15.0 Å². The second-order valence-electron chi connectivity index (χ2n) is 2.68. The van der Waals surface area contributed by atoms with E-state index in [1.807, 2.05) is 19.1 Å². The van der Waals surface area contributed by atoms with Gasteiger partial charge in [0.2, 0.25) is 0 Å². The van der Waals surface area contributed by atoms with Crippen LogP contribution in [0.3, 0.4) is 0 Å². The fourth-order valence-corrected chi connectivity index (χ4v) is 2.24. The van der Waals surface area contributed by atoms with Crippen molar-refractivity contribution in [3.05, 3.63) is 26.6 Å². The molecule has 1 rings (SSSR count). The summed E-state index contributed by atoms with van der Waals surface area (Å²) < 4.78 is 1.86. The fraction of sp³-hybridized carbons (Fsp3) is 0.250. The Balaban J connectivity index is 0.00000144. The monoisotopic (exact) mass is 328 g/mol. The van der Waals surface area contributed by atoms with Crippen molar-refractivity contribution in [3.63, 3.8) is 0 Å². The first-order chi connectivity index (χ1) is 5.52. The van der Waals surface area contributed by atoms with E-state index >= 15 is 0 Å². The fourth-order valence-electron chi connectivity index (χ4n) is 0.981. The summed E-state index contributed by atoms with van der Waals surface area (Å²) in [6.45, 7) is 1.91. The molecule has 0 aliphatic carbocycles. The van der Waals surface area contributed by atoms with Crippen molar-refractivity contribution in [2.45, 2.75) is 13.0 Å². The van der Waals surface area contributed by atoms with Crippen LogP contribution in [0, 0.1) is 0 Å². The van der Waals surface area contributed by atoms with Crippen molar-refractivity contribution >= 4 is 50.0 Å². The molecule has 0 unspecified atom stereocenters. The van der Waals surface area contributed by atoms with Gasteiger partial charge in [-0.3, -0.25) is 0 Å². The molecular weight excluding hydrogens is 319 g/mol. The molecule has 0 aliphatic rings. The number of nitrogens with two attached hydrogens (primary N) is 2. The van der Waals surface area contributed by atoms with E-state index < -0.39 is 0 Å². The molecule has 5 heteroatoms. The minimum absolute atomic E-state index is 0. The van der Waals surface area contributed by atoms with Gasteiger partial charge in [0.1, 0.15) is 0 Å². The number of rotatable bonds is 1. The molecule has 1 aromatic rings. The first-order valence-electron chi connectivity index (χ1n) is 3.52. The van der Waals surface area contributed by atoms with E-state index in [2.05, 4.69) is 31.9 Å². The Hall–Kier alpha value is 0.230. The van der Waals surface area contributed by atoms with Gasteiger partial charge in [-0.05, 0) is 40.5 Å². The van der Waals surface area contributed by atoms with Crippen molar-refractivity contribution < 1.29 is 0 Å². The third kappa shape index (κ3) is 3.13. The summed E-state index contributed by atoms with van der Waals surface area (Å²) in [7, 11) is 0. The molecule has 74 valence electrons. The number of hydrogen-bond acceptors (Lipinski definition) is 2. The number of halogens is 3. The van der Waals surface area contributed by atoms with Gasteiger partial charge >= 0.3 is 0 Å². The van der Waals surface area contributed by atoms with Gasteiger partial charge in [0.25, 0.3) is 0 Å². The van der Waals surface area contributed by atoms with Crippen molar-refractivity contribution in [1.29, 1.82) is 0 Å². The molecule has 13 heavy (non-hydrogen) atoms. The van der Waals surface area contributed by atoms with Crippen molar-refractivity contribution in [2.75, 3.05) is 5.73 Å². The van der Waals surface area contributed by atoms with Gasteiger partial charge < -0.3 is 11.5 Å². The summed E-state index contributed by atoms with van der Waals surface area (Å²) in [5, 5.41) is 0. The van der Waals surface area contributed by atoms with Crippen molar-refractivity contribution in [1.82, 2.24) is 0 Å². The van der Waals surface area contributed by atoms with E-state index in [-0.39, 0.29) is 18.4 Å². The lowest BCUT2D eigenvalue weighted by molar-refractivity contribution is 0.820. The quantitative estimate of drug-likeness (QED) is 0.777. The molecule has 0 bridgehead atoms. The van der Waals surface area contributed by atoms with Gasteiger partial charge in [0.05, 0.1) is 5.69 Å². The van der Waals surface area contributed by atoms with E-state index in [1.54, 1.807) is 0 Å². The Morgan fingerprint density at radius 3 is 2.31 bits per heavy atom. The minimum atomic E-state index is -0.0428. The zero-order valence-electron chi connectivity index (χ0n) is 7.05. The molecule has 0 spiro atoms. The number of nitrogen functional groups attached to an aromatic ring is 1. The van der Waals surface area contributed by atoms with Crippen molar-refractivity contribution in [2.24, 2.45) is 5.73 Å². The summed E-state index contributed by atoms with van der Waals surface area (Å²) in [5.74, 6) is 0. The molecule has 0 saturated heterocycles. The smallest absolute Gasteiger partial charge is 0.0507 e. The molecule has 2 nitrogen and oxygen atoms in total. The Kier molecular flexibility index (Phi) is 5.29. The maximum absolute atomic E-state index is 5.80. The van der Waals surface area contributed by atoms with E-state index in [0.717, 1.165) is 14.5 Å². The second-order valence-corrected chi connectivity index (χ2v) is 4.45. The van der Waals surface area contributed by atoms with Gasteiger partial charge in [-0.1, -0.05) is 15.9 Å². The zero-order valence-corrected chi connectivity index (χ0v) is 11.0. The van der Waals surface area contributed by atoms with Gasteiger partial charge in [-0.25, -0.2) is 0 Å². The lowest BCUT2D eigenvalue weighted by Gasteiger charge is -2.11. The normalized spacial score (nSPS) is 12.0. The Bertz CT molecular complexity index is 302. The average molecular weight is 330 g/mol. The Morgan fingerprint density at radius 1 is 1.31 bits per heavy atom. The molecule has 0 saturated carbocycles. The number of benzene rings is 1.